The van der Waals surface area contributed by atoms with Gasteiger partial charge in [0, 0.05) is 48.1 Å². The number of amides is 1. The molecule has 1 amide bonds. The number of carbonyl (C=O) groups is 1. The fourth-order valence-electron chi connectivity index (χ4n) is 4.32. The van der Waals surface area contributed by atoms with E-state index in [-0.39, 0.29) is 23.1 Å². The zero-order valence-electron chi connectivity index (χ0n) is 16.1. The van der Waals surface area contributed by atoms with Gasteiger partial charge in [-0.15, -0.1) is 18.3 Å². The Morgan fingerprint density at radius 3 is 2.93 bits per heavy atom. The number of rotatable bonds is 5. The Morgan fingerprint density at radius 2 is 2.17 bits per heavy atom. The Bertz CT molecular complexity index is 909. The lowest BCUT2D eigenvalue weighted by atomic mass is 9.80. The average Bonchev–Trinajstić information content (AvgIpc) is 3.09. The van der Waals surface area contributed by atoms with E-state index >= 15 is 0 Å². The molecule has 2 saturated heterocycles. The highest BCUT2D eigenvalue weighted by Crippen LogP contribution is 2.44. The van der Waals surface area contributed by atoms with Crippen molar-refractivity contribution in [2.75, 3.05) is 31.1 Å². The molecule has 2 fully saturated rings. The van der Waals surface area contributed by atoms with Crippen molar-refractivity contribution in [3.63, 3.8) is 0 Å². The molecule has 2 aromatic rings. The lowest BCUT2D eigenvalue weighted by Gasteiger charge is -2.44. The quantitative estimate of drug-likeness (QED) is 0.520. The maximum atomic E-state index is 14.9. The van der Waals surface area contributed by atoms with E-state index in [1.165, 1.54) is 6.07 Å². The number of nitrogen functional groups attached to an aromatic ring is 1. The van der Waals surface area contributed by atoms with E-state index in [4.69, 9.17) is 5.73 Å². The highest BCUT2D eigenvalue weighted by Gasteiger charge is 2.52. The monoisotopic (exact) mass is 412 g/mol. The highest BCUT2D eigenvalue weighted by molar-refractivity contribution is 7.99. The van der Waals surface area contributed by atoms with E-state index < -0.39 is 5.54 Å². The van der Waals surface area contributed by atoms with E-state index in [0.717, 1.165) is 18.8 Å². The third-order valence-electron chi connectivity index (χ3n) is 5.66. The molecule has 1 unspecified atom stereocenters. The van der Waals surface area contributed by atoms with Gasteiger partial charge in [0.15, 0.2) is 0 Å². The molecule has 2 aliphatic heterocycles. The molecule has 2 aliphatic rings. The van der Waals surface area contributed by atoms with E-state index in [0.29, 0.717) is 23.4 Å². The van der Waals surface area contributed by atoms with Crippen LogP contribution in [0.1, 0.15) is 15.9 Å². The van der Waals surface area contributed by atoms with Crippen molar-refractivity contribution in [3.05, 3.63) is 78.1 Å². The Balaban J connectivity index is 1.63. The molecule has 0 aliphatic carbocycles. The number of nitrogens with two attached hydrogens (primary N) is 1. The minimum atomic E-state index is -0.623. The molecule has 2 aromatic carbocycles. The Hall–Kier alpha value is -2.35. The van der Waals surface area contributed by atoms with Crippen LogP contribution in [0.25, 0.3) is 0 Å². The Morgan fingerprint density at radius 1 is 1.38 bits per heavy atom. The molecule has 0 bridgehead atoms. The summed E-state index contributed by atoms with van der Waals surface area (Å²) in [5.41, 5.74) is 6.74. The van der Waals surface area contributed by atoms with Crippen LogP contribution in [0.2, 0.25) is 0 Å². The van der Waals surface area contributed by atoms with Crippen molar-refractivity contribution in [2.45, 2.75) is 11.0 Å². The highest BCUT2D eigenvalue weighted by atomic mass is 32.2. The summed E-state index contributed by atoms with van der Waals surface area (Å²) < 4.78 is 14.9. The number of fused-ring (bicyclic) bond motifs is 1. The van der Waals surface area contributed by atoms with Crippen LogP contribution in [0.3, 0.4) is 0 Å². The number of thioether (sulfide) groups is 1. The van der Waals surface area contributed by atoms with Crippen LogP contribution in [0, 0.1) is 11.7 Å². The molecule has 152 valence electrons. The minimum Gasteiger partial charge on any atom is -0.399 e. The van der Waals surface area contributed by atoms with Gasteiger partial charge in [0.25, 0.3) is 5.91 Å². The van der Waals surface area contributed by atoms with Crippen LogP contribution in [0.15, 0.2) is 61.2 Å². The molecule has 0 spiro atoms. The summed E-state index contributed by atoms with van der Waals surface area (Å²) in [6.07, 6.45) is 1.86. The number of halogens is 1. The zero-order chi connectivity index (χ0) is 20.4. The number of benzene rings is 2. The summed E-state index contributed by atoms with van der Waals surface area (Å²) in [6, 6.07) is 13.8. The van der Waals surface area contributed by atoms with Gasteiger partial charge in [-0.05, 0) is 30.3 Å². The van der Waals surface area contributed by atoms with Crippen molar-refractivity contribution >= 4 is 23.4 Å². The molecule has 0 saturated carbocycles. The second kappa shape index (κ2) is 8.18. The average molecular weight is 413 g/mol. The smallest absolute Gasteiger partial charge is 0.253 e. The van der Waals surface area contributed by atoms with E-state index in [2.05, 4.69) is 22.1 Å². The van der Waals surface area contributed by atoms with E-state index in [9.17, 15) is 9.18 Å². The Labute approximate surface area is 174 Å². The van der Waals surface area contributed by atoms with Gasteiger partial charge >= 0.3 is 0 Å². The summed E-state index contributed by atoms with van der Waals surface area (Å²) in [7, 11) is 0. The summed E-state index contributed by atoms with van der Waals surface area (Å²) in [5, 5.41) is 6.61. The van der Waals surface area contributed by atoms with Crippen LogP contribution in [-0.4, -0.2) is 41.7 Å². The van der Waals surface area contributed by atoms with Gasteiger partial charge in [0.05, 0.1) is 5.54 Å². The first-order chi connectivity index (χ1) is 14.0. The summed E-state index contributed by atoms with van der Waals surface area (Å²) >= 11 is 1.64. The lowest BCUT2D eigenvalue weighted by molar-refractivity contribution is 0.0932. The van der Waals surface area contributed by atoms with Crippen LogP contribution in [0.5, 0.6) is 0 Å². The number of likely N-dealkylation sites (tertiary alicyclic amines) is 1. The topological polar surface area (TPSA) is 70.4 Å². The van der Waals surface area contributed by atoms with Gasteiger partial charge < -0.3 is 11.1 Å². The number of nitrogens with zero attached hydrogens (tertiary/aromatic N) is 1. The first-order valence-electron chi connectivity index (χ1n) is 9.66. The fourth-order valence-corrected chi connectivity index (χ4v) is 5.62. The van der Waals surface area contributed by atoms with Crippen molar-refractivity contribution in [3.8, 4) is 0 Å². The van der Waals surface area contributed by atoms with Gasteiger partial charge in [0.1, 0.15) is 11.3 Å². The van der Waals surface area contributed by atoms with Crippen molar-refractivity contribution in [1.29, 1.82) is 0 Å². The molecule has 4 rings (SSSR count). The third kappa shape index (κ3) is 3.90. The maximum absolute atomic E-state index is 14.9. The predicted octanol–water partition coefficient (Wildman–Crippen LogP) is 2.77. The molecule has 0 aromatic heterocycles. The number of nitrogens with one attached hydrogen (secondary N) is 2. The van der Waals surface area contributed by atoms with Gasteiger partial charge in [-0.3, -0.25) is 15.0 Å². The van der Waals surface area contributed by atoms with Crippen molar-refractivity contribution in [2.24, 2.45) is 5.92 Å². The Kier molecular flexibility index (Phi) is 5.63. The third-order valence-corrected chi connectivity index (χ3v) is 6.82. The van der Waals surface area contributed by atoms with Crippen LogP contribution in [-0.2, 0) is 5.54 Å². The molecule has 29 heavy (non-hydrogen) atoms. The molecule has 5 nitrogen and oxygen atoms in total. The largest absolute Gasteiger partial charge is 0.399 e. The number of hydrogen-bond acceptors (Lipinski definition) is 5. The first-order valence-corrected chi connectivity index (χ1v) is 10.7. The summed E-state index contributed by atoms with van der Waals surface area (Å²) in [4.78, 5) is 14.9. The summed E-state index contributed by atoms with van der Waals surface area (Å²) in [5.74, 6) is 0.554. The lowest BCUT2D eigenvalue weighted by Crippen LogP contribution is -2.61. The normalized spacial score (nSPS) is 26.7. The number of hydrogen-bond donors (Lipinski definition) is 3. The van der Waals surface area contributed by atoms with Gasteiger partial charge in [-0.1, -0.05) is 24.3 Å². The van der Waals surface area contributed by atoms with Crippen molar-refractivity contribution < 1.29 is 9.18 Å². The van der Waals surface area contributed by atoms with Crippen LogP contribution < -0.4 is 16.4 Å². The molecule has 2 heterocycles. The van der Waals surface area contributed by atoms with Gasteiger partial charge in [0.2, 0.25) is 0 Å². The van der Waals surface area contributed by atoms with E-state index in [1.807, 2.05) is 24.3 Å². The summed E-state index contributed by atoms with van der Waals surface area (Å²) in [6.45, 7) is 6.03. The molecule has 3 atom stereocenters. The molecular formula is C22H25FN4OS. The van der Waals surface area contributed by atoms with E-state index in [1.54, 1.807) is 36.0 Å². The predicted molar refractivity (Wildman–Crippen MR) is 116 cm³/mol. The molecule has 4 N–H and O–H groups in total. The standard InChI is InChI=1S/C22H25FN4OS/c1-2-10-27-12-16-13-29-21(25-20(28)15-6-4-3-5-7-15)26-22(16,14-27)18-11-17(24)8-9-19(18)23/h2-9,11,16,21,26H,1,10,12-14,24H2,(H,25,28)/t16-,21?,22-/m0/s1. The molecule has 0 radical (unpaired) electrons. The number of anilines is 1. The minimum absolute atomic E-state index is 0.154. The van der Waals surface area contributed by atoms with Crippen LogP contribution >= 0.6 is 11.8 Å². The van der Waals surface area contributed by atoms with Gasteiger partial charge in [-0.2, -0.15) is 0 Å². The first kappa shape index (κ1) is 19.9. The SMILES string of the molecule is C=CCN1C[C@H]2CSC(NC(=O)c3ccccc3)N[C@@]2(c2cc(N)ccc2F)C1. The van der Waals surface area contributed by atoms with Crippen LogP contribution in [0.4, 0.5) is 10.1 Å². The second-order valence-corrected chi connectivity index (χ2v) is 8.73. The van der Waals surface area contributed by atoms with Crippen molar-refractivity contribution in [1.82, 2.24) is 15.5 Å². The fraction of sp³-hybridized carbons (Fsp3) is 0.318. The maximum Gasteiger partial charge on any atom is 0.253 e. The number of carbonyl (C=O) groups excluding carboxylic acids is 1. The second-order valence-electron chi connectivity index (χ2n) is 7.59. The zero-order valence-corrected chi connectivity index (χ0v) is 16.9. The molecular weight excluding hydrogens is 387 g/mol. The molecule has 7 heteroatoms. The van der Waals surface area contributed by atoms with Gasteiger partial charge in [-0.25, -0.2) is 4.39 Å².